The minimum Gasteiger partial charge on any atom is -0.325 e. The van der Waals surface area contributed by atoms with Crippen LogP contribution in [0.1, 0.15) is 18.2 Å². The van der Waals surface area contributed by atoms with Gasteiger partial charge in [0.05, 0.1) is 5.69 Å². The number of hydrogen-bond acceptors (Lipinski definition) is 3. The molecule has 2 nitrogen and oxygen atoms in total. The van der Waals surface area contributed by atoms with Gasteiger partial charge in [-0.25, -0.2) is 0 Å². The predicted molar refractivity (Wildman–Crippen MR) is 54.0 cm³/mol. The van der Waals surface area contributed by atoms with Crippen LogP contribution in [0.3, 0.4) is 0 Å². The van der Waals surface area contributed by atoms with Gasteiger partial charge in [-0.15, -0.1) is 0 Å². The fraction of sp³-hybridized carbons (Fsp3) is 0.444. The van der Waals surface area contributed by atoms with Crippen molar-refractivity contribution in [3.05, 3.63) is 29.6 Å². The van der Waals surface area contributed by atoms with Crippen LogP contribution in [0, 0.1) is 0 Å². The van der Waals surface area contributed by atoms with E-state index in [-0.39, 0.29) is 0 Å². The van der Waals surface area contributed by atoms with Crippen molar-refractivity contribution < 1.29 is 0 Å². The summed E-state index contributed by atoms with van der Waals surface area (Å²) < 4.78 is 0. The summed E-state index contributed by atoms with van der Waals surface area (Å²) in [6, 6.07) is 4.12. The molecule has 0 saturated heterocycles. The predicted octanol–water partition coefficient (Wildman–Crippen LogP) is 1.79. The summed E-state index contributed by atoms with van der Waals surface area (Å²) in [4.78, 5) is 4.13. The third kappa shape index (κ3) is 2.83. The third-order valence-electron chi connectivity index (χ3n) is 1.56. The summed E-state index contributed by atoms with van der Waals surface area (Å²) in [6.07, 6.45) is 1.83. The van der Waals surface area contributed by atoms with Crippen LogP contribution >= 0.6 is 11.8 Å². The number of nitrogens with two attached hydrogens (primary N) is 1. The molecule has 0 bridgehead atoms. The number of rotatable bonds is 4. The van der Waals surface area contributed by atoms with E-state index in [9.17, 15) is 0 Å². The van der Waals surface area contributed by atoms with Crippen molar-refractivity contribution in [3.63, 3.8) is 0 Å². The van der Waals surface area contributed by atoms with Gasteiger partial charge < -0.3 is 5.73 Å². The first-order valence-corrected chi connectivity index (χ1v) is 5.24. The molecule has 0 amide bonds. The highest BCUT2D eigenvalue weighted by Crippen LogP contribution is 2.11. The second-order valence-corrected chi connectivity index (χ2v) is 3.77. The summed E-state index contributed by atoms with van der Waals surface area (Å²) in [5, 5.41) is 0. The topological polar surface area (TPSA) is 38.9 Å². The zero-order valence-electron chi connectivity index (χ0n) is 7.29. The molecule has 1 aromatic heterocycles. The van der Waals surface area contributed by atoms with E-state index >= 15 is 0 Å². The summed E-state index contributed by atoms with van der Waals surface area (Å²) in [5.74, 6) is 2.21. The van der Waals surface area contributed by atoms with Gasteiger partial charge in [-0.3, -0.25) is 4.98 Å². The van der Waals surface area contributed by atoms with E-state index in [1.807, 2.05) is 24.0 Å². The summed E-state index contributed by atoms with van der Waals surface area (Å²) in [7, 11) is 0. The fourth-order valence-electron chi connectivity index (χ4n) is 0.949. The zero-order valence-corrected chi connectivity index (χ0v) is 8.10. The molecule has 12 heavy (non-hydrogen) atoms. The second kappa shape index (κ2) is 5.17. The van der Waals surface area contributed by atoms with E-state index in [1.165, 1.54) is 5.56 Å². The highest BCUT2D eigenvalue weighted by molar-refractivity contribution is 7.98. The molecule has 0 spiro atoms. The molecule has 0 aliphatic rings. The van der Waals surface area contributed by atoms with E-state index in [0.29, 0.717) is 6.54 Å². The molecule has 0 radical (unpaired) electrons. The summed E-state index contributed by atoms with van der Waals surface area (Å²) >= 11 is 1.91. The lowest BCUT2D eigenvalue weighted by Gasteiger charge is -2.00. The molecule has 0 aromatic carbocycles. The highest BCUT2D eigenvalue weighted by atomic mass is 32.2. The molecule has 0 unspecified atom stereocenters. The number of thioether (sulfide) groups is 1. The van der Waals surface area contributed by atoms with Gasteiger partial charge in [0.15, 0.2) is 0 Å². The standard InChI is InChI=1S/C9H14N2S/c1-2-12-7-8-3-4-11-9(5-8)6-10/h3-5H,2,6-7,10H2,1H3. The third-order valence-corrected chi connectivity index (χ3v) is 2.51. The molecule has 66 valence electrons. The lowest BCUT2D eigenvalue weighted by molar-refractivity contribution is 0.983. The van der Waals surface area contributed by atoms with Crippen LogP contribution in [-0.2, 0) is 12.3 Å². The Bertz CT molecular complexity index is 238. The summed E-state index contributed by atoms with van der Waals surface area (Å²) in [5.41, 5.74) is 7.77. The number of aromatic nitrogens is 1. The molecule has 0 aliphatic carbocycles. The maximum absolute atomic E-state index is 5.48. The Morgan fingerprint density at radius 1 is 1.58 bits per heavy atom. The average molecular weight is 182 g/mol. The first-order chi connectivity index (χ1) is 5.86. The van der Waals surface area contributed by atoms with Crippen LogP contribution in [0.4, 0.5) is 0 Å². The van der Waals surface area contributed by atoms with Crippen LogP contribution < -0.4 is 5.73 Å². The Labute approximate surface area is 77.6 Å². The van der Waals surface area contributed by atoms with Gasteiger partial charge >= 0.3 is 0 Å². The van der Waals surface area contributed by atoms with Gasteiger partial charge in [0.1, 0.15) is 0 Å². The van der Waals surface area contributed by atoms with Crippen molar-refractivity contribution in [1.29, 1.82) is 0 Å². The van der Waals surface area contributed by atoms with Gasteiger partial charge in [-0.05, 0) is 23.4 Å². The largest absolute Gasteiger partial charge is 0.325 e. The van der Waals surface area contributed by atoms with Crippen molar-refractivity contribution in [2.24, 2.45) is 5.73 Å². The molecular weight excluding hydrogens is 168 g/mol. The monoisotopic (exact) mass is 182 g/mol. The second-order valence-electron chi connectivity index (χ2n) is 2.50. The minimum atomic E-state index is 0.532. The van der Waals surface area contributed by atoms with Gasteiger partial charge in [0.2, 0.25) is 0 Å². The normalized spacial score (nSPS) is 10.2. The molecule has 0 atom stereocenters. The van der Waals surface area contributed by atoms with Crippen LogP contribution in [0.2, 0.25) is 0 Å². The average Bonchev–Trinajstić information content (AvgIpc) is 2.15. The van der Waals surface area contributed by atoms with Crippen LogP contribution in [0.25, 0.3) is 0 Å². The minimum absolute atomic E-state index is 0.532. The first-order valence-electron chi connectivity index (χ1n) is 4.08. The number of nitrogens with zero attached hydrogens (tertiary/aromatic N) is 1. The molecule has 2 N–H and O–H groups in total. The van der Waals surface area contributed by atoms with Gasteiger partial charge in [-0.2, -0.15) is 11.8 Å². The summed E-state index contributed by atoms with van der Waals surface area (Å²) in [6.45, 7) is 2.69. The maximum Gasteiger partial charge on any atom is 0.0542 e. The Hall–Kier alpha value is -0.540. The SMILES string of the molecule is CCSCc1ccnc(CN)c1. The van der Waals surface area contributed by atoms with Crippen molar-refractivity contribution in [3.8, 4) is 0 Å². The van der Waals surface area contributed by atoms with E-state index < -0.39 is 0 Å². The highest BCUT2D eigenvalue weighted by Gasteiger charge is 1.94. The van der Waals surface area contributed by atoms with Crippen LogP contribution in [0.15, 0.2) is 18.3 Å². The van der Waals surface area contributed by atoms with E-state index in [0.717, 1.165) is 17.2 Å². The van der Waals surface area contributed by atoms with E-state index in [1.54, 1.807) is 0 Å². The quantitative estimate of drug-likeness (QED) is 0.771. The Balaban J connectivity index is 2.60. The maximum atomic E-state index is 5.48. The Kier molecular flexibility index (Phi) is 4.11. The Morgan fingerprint density at radius 2 is 2.42 bits per heavy atom. The molecule has 0 aliphatic heterocycles. The zero-order chi connectivity index (χ0) is 8.81. The van der Waals surface area contributed by atoms with Crippen LogP contribution in [-0.4, -0.2) is 10.7 Å². The van der Waals surface area contributed by atoms with E-state index in [2.05, 4.69) is 18.0 Å². The first kappa shape index (κ1) is 9.55. The number of hydrogen-bond donors (Lipinski definition) is 1. The van der Waals surface area contributed by atoms with Gasteiger partial charge in [0.25, 0.3) is 0 Å². The van der Waals surface area contributed by atoms with E-state index in [4.69, 9.17) is 5.73 Å². The fourth-order valence-corrected chi connectivity index (χ4v) is 1.57. The van der Waals surface area contributed by atoms with Gasteiger partial charge in [-0.1, -0.05) is 6.92 Å². The van der Waals surface area contributed by atoms with Crippen molar-refractivity contribution in [1.82, 2.24) is 4.98 Å². The molecule has 0 saturated carbocycles. The van der Waals surface area contributed by atoms with Gasteiger partial charge in [0, 0.05) is 18.5 Å². The lowest BCUT2D eigenvalue weighted by atomic mass is 10.2. The van der Waals surface area contributed by atoms with Crippen molar-refractivity contribution >= 4 is 11.8 Å². The molecule has 1 aromatic rings. The lowest BCUT2D eigenvalue weighted by Crippen LogP contribution is -1.99. The van der Waals surface area contributed by atoms with Crippen molar-refractivity contribution in [2.75, 3.05) is 5.75 Å². The number of pyridine rings is 1. The molecular formula is C9H14N2S. The van der Waals surface area contributed by atoms with Crippen LogP contribution in [0.5, 0.6) is 0 Å². The molecule has 1 rings (SSSR count). The molecule has 3 heteroatoms. The molecule has 0 fully saturated rings. The smallest absolute Gasteiger partial charge is 0.0542 e. The molecule has 1 heterocycles. The Morgan fingerprint density at radius 3 is 3.08 bits per heavy atom. The van der Waals surface area contributed by atoms with Crippen molar-refractivity contribution in [2.45, 2.75) is 19.2 Å².